The van der Waals surface area contributed by atoms with Crippen LogP contribution in [0.2, 0.25) is 0 Å². The highest BCUT2D eigenvalue weighted by Crippen LogP contribution is 2.29. The third kappa shape index (κ3) is 3.40. The highest BCUT2D eigenvalue weighted by atomic mass is 16.2. The van der Waals surface area contributed by atoms with Crippen LogP contribution in [0, 0.1) is 0 Å². The van der Waals surface area contributed by atoms with E-state index in [1.165, 1.54) is 10.3 Å². The molecule has 2 aliphatic heterocycles. The average Bonchev–Trinajstić information content (AvgIpc) is 3.38. The van der Waals surface area contributed by atoms with Gasteiger partial charge in [-0.25, -0.2) is 4.79 Å². The van der Waals surface area contributed by atoms with E-state index in [9.17, 15) is 14.4 Å². The molecule has 5 rings (SSSR count). The van der Waals surface area contributed by atoms with Crippen LogP contribution in [-0.2, 0) is 16.6 Å². The monoisotopic (exact) mass is 433 g/mol. The minimum absolute atomic E-state index is 0.232. The Morgan fingerprint density at radius 1 is 0.969 bits per heavy atom. The summed E-state index contributed by atoms with van der Waals surface area (Å²) < 4.78 is 3.08. The van der Waals surface area contributed by atoms with Crippen LogP contribution in [0.15, 0.2) is 47.3 Å². The van der Waals surface area contributed by atoms with Gasteiger partial charge in [-0.05, 0) is 55.3 Å². The zero-order valence-electron chi connectivity index (χ0n) is 18.3. The minimum Gasteiger partial charge on any atom is -0.370 e. The molecule has 2 aliphatic rings. The first-order chi connectivity index (χ1) is 15.5. The van der Waals surface area contributed by atoms with E-state index in [0.29, 0.717) is 18.0 Å². The van der Waals surface area contributed by atoms with E-state index >= 15 is 0 Å². The average molecular weight is 434 g/mol. The van der Waals surface area contributed by atoms with Crippen LogP contribution in [-0.4, -0.2) is 47.1 Å². The number of carbonyl (C=O) groups is 2. The molecular weight excluding hydrogens is 406 g/mol. The summed E-state index contributed by atoms with van der Waals surface area (Å²) >= 11 is 0. The van der Waals surface area contributed by atoms with Crippen molar-refractivity contribution >= 4 is 28.5 Å². The van der Waals surface area contributed by atoms with Crippen molar-refractivity contribution in [2.75, 3.05) is 25.0 Å². The summed E-state index contributed by atoms with van der Waals surface area (Å²) in [6.45, 7) is 2.06. The van der Waals surface area contributed by atoms with Gasteiger partial charge < -0.3 is 10.2 Å². The van der Waals surface area contributed by atoms with Crippen molar-refractivity contribution in [3.05, 3.63) is 52.9 Å². The topological polar surface area (TPSA) is 88.4 Å². The summed E-state index contributed by atoms with van der Waals surface area (Å²) in [5, 5.41) is 5.69. The number of amides is 2. The minimum atomic E-state index is -0.670. The standard InChI is InChI=1S/C24H27N5O3/c1-25-17-11-12-28(14-17)18-6-3-15(4-7-18)16-5-8-19-21(13-16)27(2)24(32)29(19)20-9-10-22(30)26-23(20)31/h3-8,13,17,20,25H,9-12,14H2,1-2H3,(H,26,30,31)/t17-,20?/m1/s1. The van der Waals surface area contributed by atoms with Crippen LogP contribution in [0.25, 0.3) is 22.2 Å². The first-order valence-corrected chi connectivity index (χ1v) is 11.0. The summed E-state index contributed by atoms with van der Waals surface area (Å²) in [6, 6.07) is 14.2. The molecule has 2 aromatic carbocycles. The van der Waals surface area contributed by atoms with Crippen LogP contribution >= 0.6 is 0 Å². The number of fused-ring (bicyclic) bond motifs is 1. The van der Waals surface area contributed by atoms with E-state index in [-0.39, 0.29) is 18.0 Å². The lowest BCUT2D eigenvalue weighted by Gasteiger charge is -2.22. The molecule has 32 heavy (non-hydrogen) atoms. The summed E-state index contributed by atoms with van der Waals surface area (Å²) in [5.41, 5.74) is 4.50. The van der Waals surface area contributed by atoms with Gasteiger partial charge in [0, 0.05) is 38.3 Å². The fourth-order valence-electron chi connectivity index (χ4n) is 4.87. The number of likely N-dealkylation sites (N-methyl/N-ethyl adjacent to an activating group) is 1. The number of imide groups is 1. The Hall–Kier alpha value is -3.39. The third-order valence-electron chi connectivity index (χ3n) is 6.77. The van der Waals surface area contributed by atoms with Crippen molar-refractivity contribution in [2.24, 2.45) is 7.05 Å². The van der Waals surface area contributed by atoms with Gasteiger partial charge in [-0.1, -0.05) is 18.2 Å². The van der Waals surface area contributed by atoms with Gasteiger partial charge in [0.15, 0.2) is 0 Å². The molecular formula is C24H27N5O3. The number of rotatable bonds is 4. The predicted molar refractivity (Wildman–Crippen MR) is 124 cm³/mol. The highest BCUT2D eigenvalue weighted by molar-refractivity contribution is 6.00. The maximum atomic E-state index is 13.0. The Morgan fingerprint density at radius 3 is 2.41 bits per heavy atom. The van der Waals surface area contributed by atoms with Crippen LogP contribution in [0.3, 0.4) is 0 Å². The number of hydrogen-bond donors (Lipinski definition) is 2. The van der Waals surface area contributed by atoms with Crippen molar-refractivity contribution in [3.63, 3.8) is 0 Å². The van der Waals surface area contributed by atoms with Gasteiger partial charge >= 0.3 is 5.69 Å². The Balaban J connectivity index is 1.47. The highest BCUT2D eigenvalue weighted by Gasteiger charge is 2.31. The Labute approximate surface area is 185 Å². The van der Waals surface area contributed by atoms with Crippen molar-refractivity contribution < 1.29 is 9.59 Å². The number of benzene rings is 2. The Morgan fingerprint density at radius 2 is 1.72 bits per heavy atom. The molecule has 0 aliphatic carbocycles. The molecule has 1 unspecified atom stereocenters. The van der Waals surface area contributed by atoms with Crippen LogP contribution < -0.4 is 21.2 Å². The second kappa shape index (κ2) is 7.94. The molecule has 166 valence electrons. The number of imidazole rings is 1. The molecule has 2 fully saturated rings. The zero-order valence-corrected chi connectivity index (χ0v) is 18.3. The second-order valence-electron chi connectivity index (χ2n) is 8.65. The number of aryl methyl sites for hydroxylation is 1. The lowest BCUT2D eigenvalue weighted by Crippen LogP contribution is -2.44. The number of nitrogens with one attached hydrogen (secondary N) is 2. The van der Waals surface area contributed by atoms with Gasteiger partial charge in [0.25, 0.3) is 0 Å². The van der Waals surface area contributed by atoms with Gasteiger partial charge in [-0.15, -0.1) is 0 Å². The van der Waals surface area contributed by atoms with Gasteiger partial charge in [0.2, 0.25) is 11.8 Å². The summed E-state index contributed by atoms with van der Waals surface area (Å²) in [5.74, 6) is -0.710. The molecule has 1 aromatic heterocycles. The molecule has 0 bridgehead atoms. The molecule has 3 heterocycles. The quantitative estimate of drug-likeness (QED) is 0.613. The maximum Gasteiger partial charge on any atom is 0.329 e. The number of nitrogens with zero attached hydrogens (tertiary/aromatic N) is 3. The predicted octanol–water partition coefficient (Wildman–Crippen LogP) is 1.78. The Kier molecular flexibility index (Phi) is 5.09. The van der Waals surface area contributed by atoms with Crippen molar-refractivity contribution in [1.82, 2.24) is 19.8 Å². The smallest absolute Gasteiger partial charge is 0.329 e. The van der Waals surface area contributed by atoms with Gasteiger partial charge in [-0.3, -0.25) is 24.0 Å². The second-order valence-corrected chi connectivity index (χ2v) is 8.65. The SMILES string of the molecule is CN[C@@H]1CCN(c2ccc(-c3ccc4c(c3)n(C)c(=O)n4C3CCC(=O)NC3=O)cc2)C1. The molecule has 3 aromatic rings. The Bertz CT molecular complexity index is 1260. The van der Waals surface area contributed by atoms with Crippen LogP contribution in [0.1, 0.15) is 25.3 Å². The van der Waals surface area contributed by atoms with E-state index in [1.807, 2.05) is 25.2 Å². The molecule has 2 atom stereocenters. The van der Waals surface area contributed by atoms with Crippen molar-refractivity contribution in [2.45, 2.75) is 31.3 Å². The lowest BCUT2D eigenvalue weighted by molar-refractivity contribution is -0.135. The molecule has 0 radical (unpaired) electrons. The van der Waals surface area contributed by atoms with Gasteiger partial charge in [-0.2, -0.15) is 0 Å². The zero-order chi connectivity index (χ0) is 22.4. The number of hydrogen-bond acceptors (Lipinski definition) is 5. The van der Waals surface area contributed by atoms with E-state index < -0.39 is 11.9 Å². The summed E-state index contributed by atoms with van der Waals surface area (Å²) in [4.78, 5) is 39.2. The molecule has 0 saturated carbocycles. The van der Waals surface area contributed by atoms with Crippen molar-refractivity contribution in [1.29, 1.82) is 0 Å². The molecule has 2 amide bonds. The number of carbonyl (C=O) groups excluding carboxylic acids is 2. The largest absolute Gasteiger partial charge is 0.370 e. The van der Waals surface area contributed by atoms with Gasteiger partial charge in [0.05, 0.1) is 11.0 Å². The number of aromatic nitrogens is 2. The normalized spacial score (nSPS) is 21.4. The molecule has 8 nitrogen and oxygen atoms in total. The van der Waals surface area contributed by atoms with Crippen LogP contribution in [0.4, 0.5) is 5.69 Å². The number of anilines is 1. The summed E-state index contributed by atoms with van der Waals surface area (Å²) in [6.07, 6.45) is 1.71. The first kappa shape index (κ1) is 20.5. The molecule has 2 saturated heterocycles. The van der Waals surface area contributed by atoms with Crippen molar-refractivity contribution in [3.8, 4) is 11.1 Å². The van der Waals surface area contributed by atoms with E-state index in [2.05, 4.69) is 39.8 Å². The fourth-order valence-corrected chi connectivity index (χ4v) is 4.87. The number of piperidine rings is 1. The molecule has 0 spiro atoms. The van der Waals surface area contributed by atoms with Crippen LogP contribution in [0.5, 0.6) is 0 Å². The summed E-state index contributed by atoms with van der Waals surface area (Å²) in [7, 11) is 3.72. The molecule has 8 heteroatoms. The van der Waals surface area contributed by atoms with Gasteiger partial charge in [0.1, 0.15) is 6.04 Å². The van der Waals surface area contributed by atoms with E-state index in [4.69, 9.17) is 0 Å². The first-order valence-electron chi connectivity index (χ1n) is 11.0. The van der Waals surface area contributed by atoms with E-state index in [1.54, 1.807) is 11.6 Å². The van der Waals surface area contributed by atoms with E-state index in [0.717, 1.165) is 36.2 Å². The third-order valence-corrected chi connectivity index (χ3v) is 6.77. The molecule has 2 N–H and O–H groups in total. The lowest BCUT2D eigenvalue weighted by atomic mass is 10.0. The maximum absolute atomic E-state index is 13.0. The fraction of sp³-hybridized carbons (Fsp3) is 0.375.